The number of hydrogen-bond donors (Lipinski definition) is 0. The number of amides is 1. The lowest BCUT2D eigenvalue weighted by atomic mass is 10.1. The molecule has 21 heavy (non-hydrogen) atoms. The molecule has 0 aromatic heterocycles. The predicted octanol–water partition coefficient (Wildman–Crippen LogP) is 3.24. The van der Waals surface area contributed by atoms with Crippen LogP contribution < -0.4 is 4.74 Å². The Morgan fingerprint density at radius 2 is 1.95 bits per heavy atom. The van der Waals surface area contributed by atoms with E-state index in [0.717, 1.165) is 6.17 Å². The topological polar surface area (TPSA) is 46.6 Å². The van der Waals surface area contributed by atoms with Gasteiger partial charge in [0.2, 0.25) is 0 Å². The van der Waals surface area contributed by atoms with E-state index in [4.69, 9.17) is 4.74 Å². The summed E-state index contributed by atoms with van der Waals surface area (Å²) in [6.07, 6.45) is 1.46. The summed E-state index contributed by atoms with van der Waals surface area (Å²) < 4.78 is 5.17. The summed E-state index contributed by atoms with van der Waals surface area (Å²) in [5.74, 6) is 0.334. The molecule has 0 unspecified atom stereocenters. The van der Waals surface area contributed by atoms with E-state index in [9.17, 15) is 9.59 Å². The van der Waals surface area contributed by atoms with Gasteiger partial charge in [0.25, 0.3) is 5.91 Å². The number of methoxy groups -OCH3 is 1. The molecular weight excluding hydrogens is 282 g/mol. The molecule has 1 aromatic carbocycles. The molecule has 4 nitrogen and oxygen atoms in total. The molecule has 0 N–H and O–H groups in total. The van der Waals surface area contributed by atoms with Crippen LogP contribution in [0.15, 0.2) is 18.2 Å². The lowest BCUT2D eigenvalue weighted by Gasteiger charge is -2.32. The van der Waals surface area contributed by atoms with Gasteiger partial charge in [-0.25, -0.2) is 0 Å². The molecule has 0 aliphatic carbocycles. The molecule has 0 bridgehead atoms. The molecule has 0 atom stereocenters. The van der Waals surface area contributed by atoms with Gasteiger partial charge in [0.05, 0.1) is 26.3 Å². The number of nitrogens with zero attached hydrogens (tertiary/aromatic N) is 1. The third-order valence-electron chi connectivity index (χ3n) is 3.16. The fraction of sp³-hybridized carbons (Fsp3) is 0.500. The van der Waals surface area contributed by atoms with Crippen molar-refractivity contribution >= 4 is 20.3 Å². The van der Waals surface area contributed by atoms with Gasteiger partial charge >= 0.3 is 0 Å². The highest BCUT2D eigenvalue weighted by molar-refractivity contribution is 6.76. The van der Waals surface area contributed by atoms with Gasteiger partial charge in [0.15, 0.2) is 6.29 Å². The second-order valence-corrected chi connectivity index (χ2v) is 12.1. The summed E-state index contributed by atoms with van der Waals surface area (Å²) in [7, 11) is 0.0562. The molecule has 0 heterocycles. The average Bonchev–Trinajstić information content (AvgIpc) is 2.41. The molecule has 0 saturated carbocycles. The average molecular weight is 307 g/mol. The molecule has 0 radical (unpaired) electrons. The van der Waals surface area contributed by atoms with Crippen LogP contribution in [0.5, 0.6) is 5.75 Å². The van der Waals surface area contributed by atoms with Crippen molar-refractivity contribution < 1.29 is 14.3 Å². The molecule has 0 aliphatic rings. The summed E-state index contributed by atoms with van der Waals surface area (Å²) in [5, 5.41) is 0. The minimum Gasteiger partial charge on any atom is -0.496 e. The molecule has 5 heteroatoms. The number of ether oxygens (including phenoxy) is 1. The predicted molar refractivity (Wildman–Crippen MR) is 87.9 cm³/mol. The first-order chi connectivity index (χ1) is 9.71. The van der Waals surface area contributed by atoms with Crippen molar-refractivity contribution in [1.29, 1.82) is 0 Å². The maximum absolute atomic E-state index is 12.8. The number of carbonyl (C=O) groups is 2. The van der Waals surface area contributed by atoms with Gasteiger partial charge < -0.3 is 9.64 Å². The zero-order chi connectivity index (χ0) is 16.2. The van der Waals surface area contributed by atoms with Gasteiger partial charge in [0.1, 0.15) is 5.75 Å². The Morgan fingerprint density at radius 1 is 1.33 bits per heavy atom. The van der Waals surface area contributed by atoms with Crippen molar-refractivity contribution in [3.63, 3.8) is 0 Å². The SMILES string of the molecule is COc1cccc(C(=O)N(C[Si](C)(C)C)C(C)C)c1C=O. The zero-order valence-electron chi connectivity index (χ0n) is 13.8. The van der Waals surface area contributed by atoms with Crippen LogP contribution in [-0.2, 0) is 0 Å². The Balaban J connectivity index is 3.24. The fourth-order valence-corrected chi connectivity index (χ4v) is 3.72. The molecule has 0 spiro atoms. The van der Waals surface area contributed by atoms with Gasteiger partial charge in [-0.2, -0.15) is 0 Å². The normalized spacial score (nSPS) is 11.4. The van der Waals surface area contributed by atoms with Gasteiger partial charge in [-0.15, -0.1) is 0 Å². The highest BCUT2D eigenvalue weighted by atomic mass is 28.3. The van der Waals surface area contributed by atoms with E-state index < -0.39 is 8.07 Å². The second kappa shape index (κ2) is 6.89. The third-order valence-corrected chi connectivity index (χ3v) is 4.45. The lowest BCUT2D eigenvalue weighted by molar-refractivity contribution is 0.0733. The molecule has 116 valence electrons. The standard InChI is InChI=1S/C16H25NO3Si/c1-12(2)17(11-21(4,5)6)16(19)13-8-7-9-15(20-3)14(13)10-18/h7-10,12H,11H2,1-6H3. The highest BCUT2D eigenvalue weighted by Crippen LogP contribution is 2.23. The van der Waals surface area contributed by atoms with Crippen LogP contribution >= 0.6 is 0 Å². The molecule has 0 aliphatic heterocycles. The zero-order valence-corrected chi connectivity index (χ0v) is 14.8. The van der Waals surface area contributed by atoms with E-state index in [1.165, 1.54) is 7.11 Å². The Labute approximate surface area is 128 Å². The van der Waals surface area contributed by atoms with Crippen molar-refractivity contribution in [3.8, 4) is 5.75 Å². The molecule has 0 fully saturated rings. The maximum atomic E-state index is 12.8. The first kappa shape index (κ1) is 17.4. The minimum atomic E-state index is -1.44. The van der Waals surface area contributed by atoms with Gasteiger partial charge in [-0.3, -0.25) is 9.59 Å². The first-order valence-corrected chi connectivity index (χ1v) is 10.8. The van der Waals surface area contributed by atoms with Crippen molar-refractivity contribution in [2.75, 3.05) is 13.3 Å². The van der Waals surface area contributed by atoms with E-state index in [2.05, 4.69) is 19.6 Å². The van der Waals surface area contributed by atoms with Crippen LogP contribution in [0.4, 0.5) is 0 Å². The number of carbonyl (C=O) groups excluding carboxylic acids is 2. The molecule has 1 aromatic rings. The molecular formula is C16H25NO3Si. The van der Waals surface area contributed by atoms with Crippen LogP contribution in [0.25, 0.3) is 0 Å². The smallest absolute Gasteiger partial charge is 0.254 e. The Bertz CT molecular complexity index is 521. The van der Waals surface area contributed by atoms with E-state index in [1.807, 2.05) is 18.7 Å². The third kappa shape index (κ3) is 4.42. The molecule has 0 saturated heterocycles. The fourth-order valence-electron chi connectivity index (χ4n) is 2.18. The van der Waals surface area contributed by atoms with Crippen LogP contribution in [0, 0.1) is 0 Å². The van der Waals surface area contributed by atoms with Crippen LogP contribution in [0.1, 0.15) is 34.6 Å². The highest BCUT2D eigenvalue weighted by Gasteiger charge is 2.27. The van der Waals surface area contributed by atoms with E-state index in [0.29, 0.717) is 23.2 Å². The number of benzene rings is 1. The number of hydrogen-bond acceptors (Lipinski definition) is 3. The van der Waals surface area contributed by atoms with E-state index in [-0.39, 0.29) is 11.9 Å². The van der Waals surface area contributed by atoms with Crippen LogP contribution in [0.2, 0.25) is 19.6 Å². The Hall–Kier alpha value is -1.62. The largest absolute Gasteiger partial charge is 0.496 e. The molecule has 1 rings (SSSR count). The Kier molecular flexibility index (Phi) is 5.72. The Morgan fingerprint density at radius 3 is 2.38 bits per heavy atom. The molecule has 1 amide bonds. The van der Waals surface area contributed by atoms with Crippen molar-refractivity contribution in [3.05, 3.63) is 29.3 Å². The van der Waals surface area contributed by atoms with Gasteiger partial charge in [-0.1, -0.05) is 25.7 Å². The quantitative estimate of drug-likeness (QED) is 0.599. The first-order valence-electron chi connectivity index (χ1n) is 7.14. The van der Waals surface area contributed by atoms with Crippen molar-refractivity contribution in [2.24, 2.45) is 0 Å². The second-order valence-electron chi connectivity index (χ2n) is 6.63. The maximum Gasteiger partial charge on any atom is 0.254 e. The van der Waals surface area contributed by atoms with Crippen molar-refractivity contribution in [2.45, 2.75) is 39.5 Å². The summed E-state index contributed by atoms with van der Waals surface area (Å²) in [6.45, 7) is 10.7. The monoisotopic (exact) mass is 307 g/mol. The van der Waals surface area contributed by atoms with E-state index in [1.54, 1.807) is 18.2 Å². The van der Waals surface area contributed by atoms with E-state index >= 15 is 0 Å². The van der Waals surface area contributed by atoms with Crippen molar-refractivity contribution in [1.82, 2.24) is 4.90 Å². The number of rotatable bonds is 6. The van der Waals surface area contributed by atoms with Gasteiger partial charge in [-0.05, 0) is 26.0 Å². The summed E-state index contributed by atoms with van der Waals surface area (Å²) in [4.78, 5) is 26.0. The minimum absolute atomic E-state index is 0.0925. The van der Waals surface area contributed by atoms with Gasteiger partial charge in [0, 0.05) is 12.2 Å². The summed E-state index contributed by atoms with van der Waals surface area (Å²) in [5.41, 5.74) is 0.738. The lowest BCUT2D eigenvalue weighted by Crippen LogP contribution is -2.47. The van der Waals surface area contributed by atoms with Crippen LogP contribution in [-0.4, -0.2) is 44.5 Å². The summed E-state index contributed by atoms with van der Waals surface area (Å²) in [6, 6.07) is 5.22. The van der Waals surface area contributed by atoms with Crippen LogP contribution in [0.3, 0.4) is 0 Å². The number of aldehydes is 1. The summed E-state index contributed by atoms with van der Waals surface area (Å²) >= 11 is 0.